The summed E-state index contributed by atoms with van der Waals surface area (Å²) in [7, 11) is 1.58. The number of pyridine rings is 1. The molecule has 0 unspecified atom stereocenters. The van der Waals surface area contributed by atoms with Crippen molar-refractivity contribution in [3.05, 3.63) is 63.1 Å². The largest absolute Gasteiger partial charge is 0.507 e. The average Bonchev–Trinajstić information content (AvgIpc) is 2.56. The van der Waals surface area contributed by atoms with Crippen LogP contribution in [0.1, 0.15) is 68.6 Å². The molecule has 2 N–H and O–H groups in total. The number of phenols is 1. The summed E-state index contributed by atoms with van der Waals surface area (Å²) in [6.07, 6.45) is 3.02. The number of aryl methyl sites for hydroxylation is 1. The molecule has 28 heavy (non-hydrogen) atoms. The van der Waals surface area contributed by atoms with Gasteiger partial charge in [-0.1, -0.05) is 41.5 Å². The highest BCUT2D eigenvalue weighted by molar-refractivity contribution is 5.94. The van der Waals surface area contributed by atoms with Gasteiger partial charge < -0.3 is 9.67 Å². The summed E-state index contributed by atoms with van der Waals surface area (Å²) in [5.41, 5.74) is 4.58. The Hall–Kier alpha value is -2.89. The van der Waals surface area contributed by atoms with Crippen molar-refractivity contribution < 1.29 is 9.90 Å². The van der Waals surface area contributed by atoms with Gasteiger partial charge in [0.1, 0.15) is 5.75 Å². The number of carbonyl (C=O) groups is 1. The van der Waals surface area contributed by atoms with Crippen LogP contribution in [-0.2, 0) is 17.9 Å². The molecule has 0 bridgehead atoms. The fraction of sp³-hybridized carbons (Fsp3) is 0.409. The van der Waals surface area contributed by atoms with Crippen LogP contribution in [-0.4, -0.2) is 21.8 Å². The van der Waals surface area contributed by atoms with Gasteiger partial charge in [0, 0.05) is 30.4 Å². The molecule has 1 amide bonds. The Labute approximate surface area is 165 Å². The summed E-state index contributed by atoms with van der Waals surface area (Å²) in [5, 5.41) is 14.8. The van der Waals surface area contributed by atoms with Crippen LogP contribution >= 0.6 is 0 Å². The maximum absolute atomic E-state index is 12.2. The minimum atomic E-state index is -0.405. The van der Waals surface area contributed by atoms with E-state index in [9.17, 15) is 14.7 Å². The summed E-state index contributed by atoms with van der Waals surface area (Å²) in [4.78, 5) is 23.7. The van der Waals surface area contributed by atoms with E-state index < -0.39 is 5.91 Å². The third-order valence-electron chi connectivity index (χ3n) is 4.48. The number of rotatable bonds is 3. The maximum Gasteiger partial charge on any atom is 0.272 e. The lowest BCUT2D eigenvalue weighted by molar-refractivity contribution is 0.0954. The predicted octanol–water partition coefficient (Wildman–Crippen LogP) is 3.45. The van der Waals surface area contributed by atoms with Crippen LogP contribution in [0.3, 0.4) is 0 Å². The Kier molecular flexibility index (Phi) is 5.83. The highest BCUT2D eigenvalue weighted by Gasteiger charge is 2.26. The number of aromatic hydroxyl groups is 1. The summed E-state index contributed by atoms with van der Waals surface area (Å²) in [6.45, 7) is 12.2. The van der Waals surface area contributed by atoms with Crippen molar-refractivity contribution in [1.29, 1.82) is 0 Å². The molecule has 0 fully saturated rings. The van der Waals surface area contributed by atoms with Crippen molar-refractivity contribution >= 4 is 12.1 Å². The Morgan fingerprint density at radius 1 is 1.07 bits per heavy atom. The number of hydrogen-bond acceptors (Lipinski definition) is 4. The zero-order valence-corrected chi connectivity index (χ0v) is 17.6. The molecule has 1 aromatic carbocycles. The van der Waals surface area contributed by atoms with E-state index in [0.717, 1.165) is 16.7 Å². The van der Waals surface area contributed by atoms with E-state index in [2.05, 4.69) is 10.5 Å². The maximum atomic E-state index is 12.2. The SMILES string of the molecule is Cn1cc(C(=O)NN=Cc2cc(C(C)(C)C)c(O)c(C(C)(C)C)c2)ccc1=O. The molecule has 0 aliphatic carbocycles. The second kappa shape index (κ2) is 7.62. The standard InChI is InChI=1S/C22H29N3O3/c1-21(2,3)16-10-14(11-17(19(16)27)22(4,5)6)12-23-24-20(28)15-8-9-18(26)25(7)13-15/h8-13,27H,1-7H3,(H,24,28). The normalized spacial score (nSPS) is 12.4. The monoisotopic (exact) mass is 383 g/mol. The number of phenolic OH excluding ortho intramolecular Hbond substituents is 1. The van der Waals surface area contributed by atoms with Crippen LogP contribution in [0.4, 0.5) is 0 Å². The first-order chi connectivity index (χ1) is 12.8. The van der Waals surface area contributed by atoms with Gasteiger partial charge in [0.05, 0.1) is 11.8 Å². The van der Waals surface area contributed by atoms with Gasteiger partial charge in [-0.25, -0.2) is 5.43 Å². The molecular formula is C22H29N3O3. The van der Waals surface area contributed by atoms with Gasteiger partial charge >= 0.3 is 0 Å². The Morgan fingerprint density at radius 3 is 2.07 bits per heavy atom. The first-order valence-corrected chi connectivity index (χ1v) is 9.19. The molecule has 6 nitrogen and oxygen atoms in total. The van der Waals surface area contributed by atoms with Crippen molar-refractivity contribution in [2.24, 2.45) is 12.1 Å². The molecule has 1 aromatic heterocycles. The third kappa shape index (κ3) is 4.88. The molecule has 6 heteroatoms. The van der Waals surface area contributed by atoms with E-state index in [-0.39, 0.29) is 16.4 Å². The zero-order valence-electron chi connectivity index (χ0n) is 17.6. The number of aromatic nitrogens is 1. The number of benzene rings is 1. The first kappa shape index (κ1) is 21.4. The Bertz CT molecular complexity index is 939. The average molecular weight is 383 g/mol. The fourth-order valence-electron chi connectivity index (χ4n) is 2.83. The number of nitrogens with zero attached hydrogens (tertiary/aromatic N) is 2. The topological polar surface area (TPSA) is 83.7 Å². The number of hydrogen-bond donors (Lipinski definition) is 2. The van der Waals surface area contributed by atoms with Gasteiger partial charge in [-0.2, -0.15) is 5.10 Å². The second-order valence-electron chi connectivity index (χ2n) is 9.03. The van der Waals surface area contributed by atoms with Crippen LogP contribution in [0.5, 0.6) is 5.75 Å². The molecule has 0 aliphatic heterocycles. The molecular weight excluding hydrogens is 354 g/mol. The minimum Gasteiger partial charge on any atom is -0.507 e. The molecule has 0 radical (unpaired) electrons. The molecule has 2 rings (SSSR count). The lowest BCUT2D eigenvalue weighted by atomic mass is 9.78. The zero-order chi connectivity index (χ0) is 21.3. The van der Waals surface area contributed by atoms with Crippen molar-refractivity contribution in [1.82, 2.24) is 9.99 Å². The van der Waals surface area contributed by atoms with Gasteiger partial charge in [-0.15, -0.1) is 0 Å². The second-order valence-corrected chi connectivity index (χ2v) is 9.03. The molecule has 0 atom stereocenters. The Morgan fingerprint density at radius 2 is 1.61 bits per heavy atom. The van der Waals surface area contributed by atoms with E-state index in [1.165, 1.54) is 22.9 Å². The summed E-state index contributed by atoms with van der Waals surface area (Å²) in [5.74, 6) is -0.107. The van der Waals surface area contributed by atoms with Crippen molar-refractivity contribution in [2.75, 3.05) is 0 Å². The van der Waals surface area contributed by atoms with Crippen LogP contribution in [0.2, 0.25) is 0 Å². The molecule has 0 spiro atoms. The summed E-state index contributed by atoms with van der Waals surface area (Å²) >= 11 is 0. The number of carbonyl (C=O) groups excluding carboxylic acids is 1. The van der Waals surface area contributed by atoms with Gasteiger partial charge in [-0.05, 0) is 34.6 Å². The number of amides is 1. The number of hydrazone groups is 1. The smallest absolute Gasteiger partial charge is 0.272 e. The first-order valence-electron chi connectivity index (χ1n) is 9.19. The minimum absolute atomic E-state index is 0.187. The lowest BCUT2D eigenvalue weighted by Gasteiger charge is -2.27. The van der Waals surface area contributed by atoms with Crippen LogP contribution in [0.25, 0.3) is 0 Å². The lowest BCUT2D eigenvalue weighted by Crippen LogP contribution is -2.22. The van der Waals surface area contributed by atoms with Gasteiger partial charge in [-0.3, -0.25) is 9.59 Å². The molecule has 1 heterocycles. The predicted molar refractivity (Wildman–Crippen MR) is 112 cm³/mol. The van der Waals surface area contributed by atoms with Gasteiger partial charge in [0.25, 0.3) is 5.91 Å². The van der Waals surface area contributed by atoms with E-state index >= 15 is 0 Å². The van der Waals surface area contributed by atoms with Gasteiger partial charge in [0.15, 0.2) is 0 Å². The highest BCUT2D eigenvalue weighted by Crippen LogP contribution is 2.39. The molecule has 2 aromatic rings. The Balaban J connectivity index is 2.33. The van der Waals surface area contributed by atoms with Crippen molar-refractivity contribution in [2.45, 2.75) is 52.4 Å². The molecule has 0 aliphatic rings. The number of nitrogens with one attached hydrogen (secondary N) is 1. The van der Waals surface area contributed by atoms with E-state index in [1.54, 1.807) is 13.3 Å². The highest BCUT2D eigenvalue weighted by atomic mass is 16.3. The van der Waals surface area contributed by atoms with Crippen molar-refractivity contribution in [3.63, 3.8) is 0 Å². The van der Waals surface area contributed by atoms with Crippen molar-refractivity contribution in [3.8, 4) is 5.75 Å². The van der Waals surface area contributed by atoms with Crippen LogP contribution in [0.15, 0.2) is 40.4 Å². The van der Waals surface area contributed by atoms with E-state index in [0.29, 0.717) is 11.3 Å². The molecule has 150 valence electrons. The van der Waals surface area contributed by atoms with Crippen LogP contribution in [0, 0.1) is 0 Å². The van der Waals surface area contributed by atoms with Gasteiger partial charge in [0.2, 0.25) is 5.56 Å². The molecule has 0 saturated carbocycles. The van der Waals surface area contributed by atoms with Crippen LogP contribution < -0.4 is 11.0 Å². The quantitative estimate of drug-likeness (QED) is 0.629. The van der Waals surface area contributed by atoms with E-state index in [1.807, 2.05) is 53.7 Å². The summed E-state index contributed by atoms with van der Waals surface area (Å²) in [6, 6.07) is 6.56. The molecule has 0 saturated heterocycles. The van der Waals surface area contributed by atoms with E-state index in [4.69, 9.17) is 0 Å². The summed E-state index contributed by atoms with van der Waals surface area (Å²) < 4.78 is 1.34. The fourth-order valence-corrected chi connectivity index (χ4v) is 2.83. The third-order valence-corrected chi connectivity index (χ3v) is 4.48.